The molecule has 1 aliphatic rings. The number of nitro groups is 1. The first-order valence-electron chi connectivity index (χ1n) is 5.96. The maximum atomic E-state index is 11.1. The molecule has 0 unspecified atom stereocenters. The molecule has 0 radical (unpaired) electrons. The quantitative estimate of drug-likeness (QED) is 0.469. The fourth-order valence-electron chi connectivity index (χ4n) is 2.29. The standard InChI is InChI=1S/C11H15ClN4O2/c1-7-5-3-4-6-15(7)11-9(16(17)18)10(12)13-8(2)14-11/h7H,3-6H2,1-2H3/t7-/m0/s1. The van der Waals surface area contributed by atoms with Gasteiger partial charge in [0.1, 0.15) is 5.82 Å². The largest absolute Gasteiger partial charge is 0.348 e. The van der Waals surface area contributed by atoms with Gasteiger partial charge in [0.2, 0.25) is 11.0 Å². The van der Waals surface area contributed by atoms with Crippen LogP contribution in [0.25, 0.3) is 0 Å². The van der Waals surface area contributed by atoms with E-state index in [1.807, 2.05) is 11.8 Å². The average Bonchev–Trinajstić information content (AvgIpc) is 2.27. The minimum Gasteiger partial charge on any atom is -0.348 e. The Morgan fingerprint density at radius 2 is 2.17 bits per heavy atom. The number of hydrogen-bond acceptors (Lipinski definition) is 5. The minimum absolute atomic E-state index is 0.0831. The van der Waals surface area contributed by atoms with E-state index in [9.17, 15) is 10.1 Å². The van der Waals surface area contributed by atoms with E-state index in [4.69, 9.17) is 11.6 Å². The van der Waals surface area contributed by atoms with Crippen molar-refractivity contribution in [2.45, 2.75) is 39.2 Å². The lowest BCUT2D eigenvalue weighted by atomic mass is 10.0. The molecule has 0 N–H and O–H groups in total. The van der Waals surface area contributed by atoms with Gasteiger partial charge in [-0.15, -0.1) is 0 Å². The van der Waals surface area contributed by atoms with Crippen molar-refractivity contribution in [3.05, 3.63) is 21.1 Å². The van der Waals surface area contributed by atoms with Crippen LogP contribution < -0.4 is 4.90 Å². The van der Waals surface area contributed by atoms with Crippen molar-refractivity contribution >= 4 is 23.1 Å². The molecule has 1 saturated heterocycles. The summed E-state index contributed by atoms with van der Waals surface area (Å²) in [6.07, 6.45) is 3.17. The molecule has 0 amide bonds. The molecule has 2 rings (SSSR count). The molecule has 0 saturated carbocycles. The summed E-state index contributed by atoms with van der Waals surface area (Å²) in [7, 11) is 0. The zero-order valence-electron chi connectivity index (χ0n) is 10.4. The molecule has 0 spiro atoms. The van der Waals surface area contributed by atoms with Gasteiger partial charge >= 0.3 is 5.69 Å². The Bertz CT molecular complexity index is 480. The maximum absolute atomic E-state index is 11.1. The summed E-state index contributed by atoms with van der Waals surface area (Å²) in [5, 5.41) is 11.0. The third-order valence-electron chi connectivity index (χ3n) is 3.19. The van der Waals surface area contributed by atoms with Crippen molar-refractivity contribution in [1.29, 1.82) is 0 Å². The summed E-state index contributed by atoms with van der Waals surface area (Å²) in [5.74, 6) is 0.808. The van der Waals surface area contributed by atoms with Crippen LogP contribution >= 0.6 is 11.6 Å². The van der Waals surface area contributed by atoms with E-state index in [1.165, 1.54) is 0 Å². The van der Waals surface area contributed by atoms with Crippen molar-refractivity contribution in [2.24, 2.45) is 0 Å². The van der Waals surface area contributed by atoms with Gasteiger partial charge in [-0.3, -0.25) is 10.1 Å². The smallest absolute Gasteiger partial charge is 0.348 e. The Hall–Kier alpha value is -1.43. The summed E-state index contributed by atoms with van der Waals surface area (Å²) in [6.45, 7) is 4.51. The molecule has 18 heavy (non-hydrogen) atoms. The lowest BCUT2D eigenvalue weighted by Gasteiger charge is -2.34. The van der Waals surface area contributed by atoms with Crippen molar-refractivity contribution < 1.29 is 4.92 Å². The van der Waals surface area contributed by atoms with Gasteiger partial charge in [-0.1, -0.05) is 11.6 Å². The van der Waals surface area contributed by atoms with Crippen molar-refractivity contribution in [2.75, 3.05) is 11.4 Å². The molecule has 0 aromatic carbocycles. The van der Waals surface area contributed by atoms with Crippen LogP contribution in [0.3, 0.4) is 0 Å². The Balaban J connectivity index is 2.50. The summed E-state index contributed by atoms with van der Waals surface area (Å²) in [5.41, 5.74) is -0.184. The molecule has 1 aromatic heterocycles. The van der Waals surface area contributed by atoms with Gasteiger partial charge in [0.25, 0.3) is 0 Å². The average molecular weight is 271 g/mol. The summed E-state index contributed by atoms with van der Waals surface area (Å²) in [6, 6.07) is 0.239. The van der Waals surface area contributed by atoms with Crippen LogP contribution in [0.15, 0.2) is 0 Å². The van der Waals surface area contributed by atoms with Gasteiger partial charge in [-0.25, -0.2) is 9.97 Å². The molecule has 2 heterocycles. The van der Waals surface area contributed by atoms with E-state index in [0.29, 0.717) is 11.6 Å². The number of hydrogen-bond donors (Lipinski definition) is 0. The van der Waals surface area contributed by atoms with E-state index in [1.54, 1.807) is 6.92 Å². The van der Waals surface area contributed by atoms with Gasteiger partial charge in [0, 0.05) is 12.6 Å². The molecule has 1 atom stereocenters. The number of halogens is 1. The molecule has 1 fully saturated rings. The fourth-order valence-corrected chi connectivity index (χ4v) is 2.56. The van der Waals surface area contributed by atoms with Gasteiger partial charge < -0.3 is 4.90 Å². The Kier molecular flexibility index (Phi) is 3.65. The molecule has 98 valence electrons. The summed E-state index contributed by atoms with van der Waals surface area (Å²) in [4.78, 5) is 20.7. The highest BCUT2D eigenvalue weighted by Crippen LogP contribution is 2.35. The number of aryl methyl sites for hydroxylation is 1. The van der Waals surface area contributed by atoms with Crippen LogP contribution in [0.1, 0.15) is 32.0 Å². The predicted molar refractivity (Wildman–Crippen MR) is 69.1 cm³/mol. The zero-order chi connectivity index (χ0) is 13.3. The highest BCUT2D eigenvalue weighted by molar-refractivity contribution is 6.31. The van der Waals surface area contributed by atoms with Gasteiger partial charge in [0.15, 0.2) is 0 Å². The fraction of sp³-hybridized carbons (Fsp3) is 0.636. The highest BCUT2D eigenvalue weighted by atomic mass is 35.5. The predicted octanol–water partition coefficient (Wildman–Crippen LogP) is 2.73. The Morgan fingerprint density at radius 1 is 1.44 bits per heavy atom. The first kappa shape index (κ1) is 13.0. The van der Waals surface area contributed by atoms with E-state index < -0.39 is 4.92 Å². The Labute approximate surface area is 110 Å². The molecule has 6 nitrogen and oxygen atoms in total. The van der Waals surface area contributed by atoms with Crippen LogP contribution in [0.2, 0.25) is 5.15 Å². The van der Waals surface area contributed by atoms with Gasteiger partial charge in [-0.2, -0.15) is 0 Å². The molecular weight excluding hydrogens is 256 g/mol. The minimum atomic E-state index is -0.502. The first-order chi connectivity index (χ1) is 8.50. The van der Waals surface area contributed by atoms with Crippen LogP contribution in [0, 0.1) is 17.0 Å². The topological polar surface area (TPSA) is 72.2 Å². The Morgan fingerprint density at radius 3 is 2.78 bits per heavy atom. The van der Waals surface area contributed by atoms with E-state index in [2.05, 4.69) is 9.97 Å². The highest BCUT2D eigenvalue weighted by Gasteiger charge is 2.30. The number of aromatic nitrogens is 2. The van der Waals surface area contributed by atoms with Crippen molar-refractivity contribution in [1.82, 2.24) is 9.97 Å². The van der Waals surface area contributed by atoms with Crippen molar-refractivity contribution in [3.63, 3.8) is 0 Å². The number of rotatable bonds is 2. The monoisotopic (exact) mass is 270 g/mol. The molecule has 7 heteroatoms. The molecule has 0 bridgehead atoms. The van der Waals surface area contributed by atoms with Crippen LogP contribution in [0.5, 0.6) is 0 Å². The maximum Gasteiger partial charge on any atom is 0.348 e. The van der Waals surface area contributed by atoms with Crippen LogP contribution in [0.4, 0.5) is 11.5 Å². The third-order valence-corrected chi connectivity index (χ3v) is 3.46. The number of anilines is 1. The zero-order valence-corrected chi connectivity index (χ0v) is 11.1. The molecular formula is C11H15ClN4O2. The van der Waals surface area contributed by atoms with Crippen molar-refractivity contribution in [3.8, 4) is 0 Å². The number of piperidine rings is 1. The van der Waals surface area contributed by atoms with Gasteiger partial charge in [0.05, 0.1) is 4.92 Å². The normalized spacial score (nSPS) is 19.9. The van der Waals surface area contributed by atoms with E-state index >= 15 is 0 Å². The molecule has 1 aliphatic heterocycles. The summed E-state index contributed by atoms with van der Waals surface area (Å²) < 4.78 is 0. The van der Waals surface area contributed by atoms with Crippen LogP contribution in [-0.4, -0.2) is 27.5 Å². The summed E-state index contributed by atoms with van der Waals surface area (Å²) >= 11 is 5.88. The second-order valence-corrected chi connectivity index (χ2v) is 4.89. The second-order valence-electron chi connectivity index (χ2n) is 4.53. The molecule has 0 aliphatic carbocycles. The SMILES string of the molecule is Cc1nc(Cl)c([N+](=O)[O-])c(N2CCCC[C@@H]2C)n1. The second kappa shape index (κ2) is 5.06. The lowest BCUT2D eigenvalue weighted by Crippen LogP contribution is -2.38. The third kappa shape index (κ3) is 2.38. The van der Waals surface area contributed by atoms with Gasteiger partial charge in [-0.05, 0) is 33.1 Å². The first-order valence-corrected chi connectivity index (χ1v) is 6.33. The lowest BCUT2D eigenvalue weighted by molar-refractivity contribution is -0.384. The number of nitrogens with zero attached hydrogens (tertiary/aromatic N) is 4. The van der Waals surface area contributed by atoms with Crippen LogP contribution in [-0.2, 0) is 0 Å². The molecule has 1 aromatic rings. The van der Waals surface area contributed by atoms with E-state index in [-0.39, 0.29) is 16.9 Å². The van der Waals surface area contributed by atoms with E-state index in [0.717, 1.165) is 25.8 Å².